The van der Waals surface area contributed by atoms with Crippen LogP contribution in [0.1, 0.15) is 10.5 Å². The fraction of sp³-hybridized carbons (Fsp3) is 0.0909. The van der Waals surface area contributed by atoms with Gasteiger partial charge in [0.25, 0.3) is 0 Å². The molecular weight excluding hydrogens is 192 g/mol. The Balaban J connectivity index is 1.82. The lowest BCUT2D eigenvalue weighted by Crippen LogP contribution is -2.12. The van der Waals surface area contributed by atoms with E-state index < -0.39 is 5.97 Å². The molecule has 1 saturated carbocycles. The van der Waals surface area contributed by atoms with E-state index in [4.69, 9.17) is 4.74 Å². The van der Waals surface area contributed by atoms with Crippen molar-refractivity contribution in [2.24, 2.45) is 0 Å². The number of nitrogens with zero attached hydrogens (tertiary/aromatic N) is 2. The zero-order chi connectivity index (χ0) is 10.5. The van der Waals surface area contributed by atoms with Crippen LogP contribution in [-0.4, -0.2) is 22.5 Å². The van der Waals surface area contributed by atoms with Gasteiger partial charge in [-0.2, -0.15) is 0 Å². The van der Waals surface area contributed by atoms with Gasteiger partial charge >= 0.3 is 5.97 Å². The van der Waals surface area contributed by atoms with E-state index in [9.17, 15) is 4.79 Å². The third-order valence-electron chi connectivity index (χ3n) is 1.87. The maximum absolute atomic E-state index is 11.4. The Hall–Kier alpha value is -1.45. The van der Waals surface area contributed by atoms with Crippen LogP contribution < -0.4 is 0 Å². The quantitative estimate of drug-likeness (QED) is 0.685. The summed E-state index contributed by atoms with van der Waals surface area (Å²) in [4.78, 5) is 19.0. The van der Waals surface area contributed by atoms with E-state index >= 15 is 0 Å². The van der Waals surface area contributed by atoms with Crippen LogP contribution in [0.5, 0.6) is 0 Å². The smallest absolute Gasteiger partial charge is 0.358 e. The fourth-order valence-corrected chi connectivity index (χ4v) is 1.14. The molecule has 4 heteroatoms. The Kier molecular flexibility index (Phi) is 3.27. The van der Waals surface area contributed by atoms with E-state index in [0.717, 1.165) is 5.92 Å². The third-order valence-corrected chi connectivity index (χ3v) is 1.87. The highest BCUT2D eigenvalue weighted by molar-refractivity contribution is 5.86. The molecule has 0 bridgehead atoms. The fourth-order valence-electron chi connectivity index (χ4n) is 1.14. The van der Waals surface area contributed by atoms with E-state index in [1.165, 1.54) is 18.6 Å². The molecule has 0 amide bonds. The number of rotatable bonds is 3. The minimum Gasteiger partial charge on any atom is -0.460 e. The molecule has 0 N–H and O–H groups in total. The molecule has 1 aromatic rings. The highest BCUT2D eigenvalue weighted by Crippen LogP contribution is 2.23. The molecule has 0 spiro atoms. The number of ether oxygens (including phenoxy) is 1. The number of hydrogen-bond donors (Lipinski definition) is 0. The van der Waals surface area contributed by atoms with Gasteiger partial charge in [0, 0.05) is 18.3 Å². The van der Waals surface area contributed by atoms with Crippen LogP contribution in [0, 0.1) is 31.6 Å². The molecule has 2 rings (SSSR count). The average molecular weight is 201 g/mol. The topological polar surface area (TPSA) is 52.1 Å². The van der Waals surface area contributed by atoms with E-state index in [1.807, 2.05) is 25.7 Å². The largest absolute Gasteiger partial charge is 0.460 e. The molecule has 0 aliphatic heterocycles. The summed E-state index contributed by atoms with van der Waals surface area (Å²) in [6.45, 7) is 0.266. The van der Waals surface area contributed by atoms with Crippen molar-refractivity contribution in [3.05, 3.63) is 55.9 Å². The molecule has 5 radical (unpaired) electrons. The second kappa shape index (κ2) is 4.87. The molecule has 1 aliphatic rings. The van der Waals surface area contributed by atoms with Crippen LogP contribution in [0.4, 0.5) is 0 Å². The van der Waals surface area contributed by atoms with Gasteiger partial charge in [0.05, 0.1) is 12.8 Å². The van der Waals surface area contributed by atoms with Crippen molar-refractivity contribution in [3.8, 4) is 0 Å². The van der Waals surface area contributed by atoms with Crippen LogP contribution in [0.3, 0.4) is 0 Å². The van der Waals surface area contributed by atoms with Gasteiger partial charge < -0.3 is 4.74 Å². The van der Waals surface area contributed by atoms with Crippen molar-refractivity contribution < 1.29 is 9.53 Å². The van der Waals surface area contributed by atoms with Gasteiger partial charge in [-0.25, -0.2) is 9.78 Å². The minimum atomic E-state index is -0.454. The summed E-state index contributed by atoms with van der Waals surface area (Å²) in [5.41, 5.74) is 0.226. The molecule has 1 aromatic heterocycles. The van der Waals surface area contributed by atoms with Crippen LogP contribution in [0.2, 0.25) is 0 Å². The van der Waals surface area contributed by atoms with Gasteiger partial charge in [-0.15, -0.1) is 0 Å². The lowest BCUT2D eigenvalue weighted by molar-refractivity contribution is 0.0521. The third kappa shape index (κ3) is 2.75. The summed E-state index contributed by atoms with van der Waals surface area (Å²) in [6, 6.07) is 0. The first-order valence-electron chi connectivity index (χ1n) is 4.50. The number of aromatic nitrogens is 2. The minimum absolute atomic E-state index is 0.226. The van der Waals surface area contributed by atoms with Gasteiger partial charge in [-0.1, -0.05) is 0 Å². The lowest BCUT2D eigenvalue weighted by atomic mass is 10.1. The molecule has 0 atom stereocenters. The van der Waals surface area contributed by atoms with Crippen molar-refractivity contribution in [1.29, 1.82) is 0 Å². The lowest BCUT2D eigenvalue weighted by Gasteiger charge is -2.07. The number of carbonyl (C=O) groups excluding carboxylic acids is 1. The summed E-state index contributed by atoms with van der Waals surface area (Å²) in [7, 11) is 0. The summed E-state index contributed by atoms with van der Waals surface area (Å²) < 4.78 is 5.03. The highest BCUT2D eigenvalue weighted by Gasteiger charge is 2.19. The van der Waals surface area contributed by atoms with Gasteiger partial charge in [0.2, 0.25) is 0 Å². The van der Waals surface area contributed by atoms with E-state index in [-0.39, 0.29) is 12.3 Å². The Morgan fingerprint density at radius 3 is 2.73 bits per heavy atom. The first-order chi connectivity index (χ1) is 7.36. The predicted octanol–water partition coefficient (Wildman–Crippen LogP) is 1.04. The molecule has 0 aromatic carbocycles. The molecule has 75 valence electrons. The summed E-state index contributed by atoms with van der Waals surface area (Å²) >= 11 is 0. The number of esters is 1. The summed E-state index contributed by atoms with van der Waals surface area (Å²) in [5.74, 6) is 0.511. The molecule has 1 heterocycles. The first-order valence-corrected chi connectivity index (χ1v) is 4.50. The molecule has 4 nitrogen and oxygen atoms in total. The van der Waals surface area contributed by atoms with Gasteiger partial charge in [0.15, 0.2) is 5.69 Å². The van der Waals surface area contributed by atoms with Crippen molar-refractivity contribution >= 4 is 5.97 Å². The van der Waals surface area contributed by atoms with Crippen molar-refractivity contribution in [2.45, 2.75) is 0 Å². The Morgan fingerprint density at radius 2 is 2.07 bits per heavy atom. The normalized spacial score (nSPS) is 16.5. The second-order valence-corrected chi connectivity index (χ2v) is 2.96. The van der Waals surface area contributed by atoms with Gasteiger partial charge in [-0.05, 0) is 25.7 Å². The molecule has 0 saturated heterocycles. The van der Waals surface area contributed by atoms with Crippen molar-refractivity contribution in [2.75, 3.05) is 6.61 Å². The predicted molar refractivity (Wildman–Crippen MR) is 52.8 cm³/mol. The monoisotopic (exact) mass is 201 g/mol. The molecule has 0 unspecified atom stereocenters. The number of hydrogen-bond acceptors (Lipinski definition) is 4. The van der Waals surface area contributed by atoms with Crippen molar-refractivity contribution in [3.63, 3.8) is 0 Å². The Bertz CT molecular complexity index is 321. The zero-order valence-corrected chi connectivity index (χ0v) is 7.96. The SMILES string of the molecule is O=C(OC[C]1[CH][CH][CH][CH]1)c1cnccn1. The second-order valence-electron chi connectivity index (χ2n) is 2.96. The van der Waals surface area contributed by atoms with Gasteiger partial charge in [-0.3, -0.25) is 4.98 Å². The van der Waals surface area contributed by atoms with Crippen LogP contribution in [0.25, 0.3) is 0 Å². The summed E-state index contributed by atoms with van der Waals surface area (Å²) in [6.07, 6.45) is 11.9. The van der Waals surface area contributed by atoms with E-state index in [1.54, 1.807) is 0 Å². The maximum Gasteiger partial charge on any atom is 0.358 e. The Morgan fingerprint density at radius 1 is 1.27 bits per heavy atom. The maximum atomic E-state index is 11.4. The number of carbonyl (C=O) groups is 1. The average Bonchev–Trinajstić information content (AvgIpc) is 2.80. The van der Waals surface area contributed by atoms with E-state index in [2.05, 4.69) is 9.97 Å². The van der Waals surface area contributed by atoms with Gasteiger partial charge in [0.1, 0.15) is 0 Å². The molecule has 15 heavy (non-hydrogen) atoms. The van der Waals surface area contributed by atoms with E-state index in [0.29, 0.717) is 0 Å². The standard InChI is InChI=1S/C11H9N2O2/c14-11(10-7-12-5-6-13-10)15-8-9-3-1-2-4-9/h1-7H,8H2. The van der Waals surface area contributed by atoms with Crippen molar-refractivity contribution in [1.82, 2.24) is 9.97 Å². The zero-order valence-electron chi connectivity index (χ0n) is 7.96. The molecular formula is C11H9N2O2. The Labute approximate surface area is 88.7 Å². The molecule has 1 aliphatic carbocycles. The van der Waals surface area contributed by atoms with Crippen LogP contribution in [0.15, 0.2) is 18.6 Å². The first kappa shape index (κ1) is 10.1. The molecule has 1 fully saturated rings. The van der Waals surface area contributed by atoms with Crippen LogP contribution in [-0.2, 0) is 4.74 Å². The summed E-state index contributed by atoms with van der Waals surface area (Å²) in [5, 5.41) is 0. The highest BCUT2D eigenvalue weighted by atomic mass is 16.5. The van der Waals surface area contributed by atoms with Crippen LogP contribution >= 0.6 is 0 Å².